The zero-order chi connectivity index (χ0) is 29.4. The number of anilines is 1. The van der Waals surface area contributed by atoms with E-state index < -0.39 is 42.7 Å². The average Bonchev–Trinajstić information content (AvgIpc) is 3.43. The zero-order valence-corrected chi connectivity index (χ0v) is 22.9. The van der Waals surface area contributed by atoms with Crippen LogP contribution in [0.2, 0.25) is 5.02 Å². The fourth-order valence-electron chi connectivity index (χ4n) is 5.33. The summed E-state index contributed by atoms with van der Waals surface area (Å²) in [7, 11) is 1.92. The number of benzene rings is 1. The van der Waals surface area contributed by atoms with E-state index in [-0.39, 0.29) is 35.8 Å². The second kappa shape index (κ2) is 11.6. The molecule has 2 saturated heterocycles. The summed E-state index contributed by atoms with van der Waals surface area (Å²) in [5.41, 5.74) is 1.05. The van der Waals surface area contributed by atoms with Crippen molar-refractivity contribution in [3.8, 4) is 0 Å². The molecule has 1 unspecified atom stereocenters. The molecule has 2 aliphatic rings. The summed E-state index contributed by atoms with van der Waals surface area (Å²) in [5.74, 6) is -3.87. The van der Waals surface area contributed by atoms with E-state index in [1.807, 2.05) is 13.1 Å². The highest BCUT2D eigenvalue weighted by atomic mass is 35.5. The number of hydrogen-bond donors (Lipinski definition) is 2. The van der Waals surface area contributed by atoms with Crippen LogP contribution < -0.4 is 15.5 Å². The molecule has 2 fully saturated rings. The second-order valence-electron chi connectivity index (χ2n) is 10.3. The molecule has 2 atom stereocenters. The van der Waals surface area contributed by atoms with Crippen molar-refractivity contribution in [1.82, 2.24) is 30.5 Å². The Bertz CT molecular complexity index is 1400. The van der Waals surface area contributed by atoms with Gasteiger partial charge in [-0.25, -0.2) is 23.7 Å². The fourth-order valence-corrected chi connectivity index (χ4v) is 5.58. The lowest BCUT2D eigenvalue weighted by atomic mass is 10.0. The predicted octanol–water partition coefficient (Wildman–Crippen LogP) is 4.70. The van der Waals surface area contributed by atoms with Crippen LogP contribution in [0, 0.1) is 0 Å². The van der Waals surface area contributed by atoms with Gasteiger partial charge in [-0.2, -0.15) is 13.2 Å². The molecule has 0 radical (unpaired) electrons. The van der Waals surface area contributed by atoms with Crippen molar-refractivity contribution in [3.05, 3.63) is 58.6 Å². The van der Waals surface area contributed by atoms with Crippen LogP contribution >= 0.6 is 11.6 Å². The number of carbonyl (C=O) groups is 1. The molecule has 0 bridgehead atoms. The zero-order valence-electron chi connectivity index (χ0n) is 22.2. The van der Waals surface area contributed by atoms with Crippen molar-refractivity contribution in [1.29, 1.82) is 0 Å². The van der Waals surface area contributed by atoms with Crippen molar-refractivity contribution >= 4 is 34.2 Å². The first kappa shape index (κ1) is 29.3. The van der Waals surface area contributed by atoms with Gasteiger partial charge in [-0.15, -0.1) is 0 Å². The molecule has 1 amide bonds. The molecule has 41 heavy (non-hydrogen) atoms. The lowest BCUT2D eigenvalue weighted by molar-refractivity contribution is -0.145. The molecule has 4 heterocycles. The quantitative estimate of drug-likeness (QED) is 0.382. The highest BCUT2D eigenvalue weighted by molar-refractivity contribution is 6.35. The Morgan fingerprint density at radius 1 is 1.12 bits per heavy atom. The molecular formula is C27H29ClF5N7O. The molecular weight excluding hydrogens is 569 g/mol. The summed E-state index contributed by atoms with van der Waals surface area (Å²) >= 11 is 6.45. The summed E-state index contributed by atoms with van der Waals surface area (Å²) in [6, 6.07) is 6.59. The summed E-state index contributed by atoms with van der Waals surface area (Å²) < 4.78 is 66.7. The van der Waals surface area contributed by atoms with Gasteiger partial charge in [0, 0.05) is 75.0 Å². The van der Waals surface area contributed by atoms with Gasteiger partial charge < -0.3 is 15.5 Å². The largest absolute Gasteiger partial charge is 0.451 e. The van der Waals surface area contributed by atoms with Gasteiger partial charge in [0.2, 0.25) is 5.82 Å². The molecule has 2 N–H and O–H groups in total. The van der Waals surface area contributed by atoms with E-state index in [4.69, 9.17) is 16.6 Å². The van der Waals surface area contributed by atoms with Gasteiger partial charge >= 0.3 is 6.18 Å². The van der Waals surface area contributed by atoms with Crippen LogP contribution in [0.25, 0.3) is 10.9 Å². The monoisotopic (exact) mass is 597 g/mol. The number of aromatic nitrogens is 3. The number of likely N-dealkylation sites (N-methyl/N-ethyl adjacent to an activating group) is 1. The van der Waals surface area contributed by atoms with Crippen molar-refractivity contribution in [3.63, 3.8) is 0 Å². The first-order valence-electron chi connectivity index (χ1n) is 13.3. The van der Waals surface area contributed by atoms with E-state index in [9.17, 15) is 26.7 Å². The van der Waals surface area contributed by atoms with Gasteiger partial charge in [0.05, 0.1) is 22.1 Å². The number of pyridine rings is 1. The molecule has 0 saturated carbocycles. The Morgan fingerprint density at radius 2 is 1.83 bits per heavy atom. The van der Waals surface area contributed by atoms with Crippen molar-refractivity contribution in [2.75, 3.05) is 44.7 Å². The lowest BCUT2D eigenvalue weighted by Gasteiger charge is -2.37. The van der Waals surface area contributed by atoms with E-state index in [0.717, 1.165) is 37.7 Å². The molecule has 8 nitrogen and oxygen atoms in total. The molecule has 3 aromatic rings. The van der Waals surface area contributed by atoms with Crippen LogP contribution in [0.5, 0.6) is 0 Å². The summed E-state index contributed by atoms with van der Waals surface area (Å²) in [6.45, 7) is 1.55. The number of likely N-dealkylation sites (tertiary alicyclic amines) is 1. The Morgan fingerprint density at radius 3 is 2.46 bits per heavy atom. The first-order valence-corrected chi connectivity index (χ1v) is 13.6. The minimum Gasteiger partial charge on any atom is -0.355 e. The molecule has 220 valence electrons. The summed E-state index contributed by atoms with van der Waals surface area (Å²) in [4.78, 5) is 28.9. The third kappa shape index (κ3) is 6.52. The number of amides is 1. The predicted molar refractivity (Wildman–Crippen MR) is 144 cm³/mol. The lowest BCUT2D eigenvalue weighted by Crippen LogP contribution is -2.45. The van der Waals surface area contributed by atoms with Crippen LogP contribution in [0.15, 0.2) is 36.7 Å². The number of piperidine rings is 1. The second-order valence-corrected chi connectivity index (χ2v) is 10.7. The van der Waals surface area contributed by atoms with Gasteiger partial charge in [-0.05, 0) is 37.7 Å². The van der Waals surface area contributed by atoms with Gasteiger partial charge in [-0.3, -0.25) is 9.69 Å². The van der Waals surface area contributed by atoms with E-state index in [0.29, 0.717) is 16.9 Å². The van der Waals surface area contributed by atoms with Gasteiger partial charge in [0.25, 0.3) is 11.8 Å². The number of carbonyl (C=O) groups excluding carboxylic acids is 1. The minimum atomic E-state index is -4.72. The topological polar surface area (TPSA) is 86.3 Å². The normalized spacial score (nSPS) is 20.4. The number of nitrogens with zero attached hydrogens (tertiary/aromatic N) is 5. The third-order valence-electron chi connectivity index (χ3n) is 7.69. The fraction of sp³-hybridized carbons (Fsp3) is 0.481. The molecule has 14 heteroatoms. The number of rotatable bonds is 7. The van der Waals surface area contributed by atoms with Crippen LogP contribution in [0.3, 0.4) is 0 Å². The molecule has 1 aromatic carbocycles. The average molecular weight is 598 g/mol. The Kier molecular flexibility index (Phi) is 8.31. The number of nitrogens with one attached hydrogen (secondary N) is 2. The SMILES string of the molecule is CN[C@@H]1CCN(c2ccc3c(C(=O)NCC(c4cnc(C(F)(F)F)nc4)N4CCC(F)(F)CC4)c(Cl)ccc3n2)C1. The highest BCUT2D eigenvalue weighted by Crippen LogP contribution is 2.33. The van der Waals surface area contributed by atoms with Crippen molar-refractivity contribution < 1.29 is 26.7 Å². The van der Waals surface area contributed by atoms with Gasteiger partial charge in [0.1, 0.15) is 5.82 Å². The number of halogens is 6. The van der Waals surface area contributed by atoms with Crippen LogP contribution in [0.1, 0.15) is 47.1 Å². The molecule has 5 rings (SSSR count). The number of alkyl halides is 5. The molecule has 0 spiro atoms. The maximum absolute atomic E-state index is 13.8. The first-order chi connectivity index (χ1) is 19.4. The maximum Gasteiger partial charge on any atom is 0.451 e. The number of fused-ring (bicyclic) bond motifs is 1. The smallest absolute Gasteiger partial charge is 0.355 e. The summed E-state index contributed by atoms with van der Waals surface area (Å²) in [5, 5.41) is 6.80. The molecule has 0 aliphatic carbocycles. The Labute approximate surface area is 238 Å². The molecule has 2 aliphatic heterocycles. The van der Waals surface area contributed by atoms with E-state index in [1.54, 1.807) is 23.1 Å². The van der Waals surface area contributed by atoms with Crippen LogP contribution in [0.4, 0.5) is 27.8 Å². The third-order valence-corrected chi connectivity index (χ3v) is 8.00. The Hall–Kier alpha value is -3.16. The standard InChI is InChI=1S/C27H29ClF5N7O/c1-34-17-6-9-40(15-17)22-5-2-18-20(38-22)4-3-19(28)23(18)24(41)35-14-21(39-10-7-26(29,30)8-11-39)16-12-36-25(37-13-16)27(31,32)33/h2-5,12-13,17,21,34H,6-11,14-15H2,1H3,(H,35,41)/t17-,21?/m1/s1. The van der Waals surface area contributed by atoms with E-state index >= 15 is 0 Å². The van der Waals surface area contributed by atoms with Gasteiger partial charge in [0.15, 0.2) is 0 Å². The van der Waals surface area contributed by atoms with Crippen LogP contribution in [-0.4, -0.2) is 77.5 Å². The van der Waals surface area contributed by atoms with Crippen LogP contribution in [-0.2, 0) is 6.18 Å². The van der Waals surface area contributed by atoms with E-state index in [1.165, 1.54) is 0 Å². The van der Waals surface area contributed by atoms with Crippen molar-refractivity contribution in [2.45, 2.75) is 43.4 Å². The minimum absolute atomic E-state index is 0.0127. The highest BCUT2D eigenvalue weighted by Gasteiger charge is 2.38. The number of hydrogen-bond acceptors (Lipinski definition) is 7. The summed E-state index contributed by atoms with van der Waals surface area (Å²) in [6.07, 6.45) is -2.51. The van der Waals surface area contributed by atoms with Gasteiger partial charge in [-0.1, -0.05) is 11.6 Å². The molecule has 2 aromatic heterocycles. The van der Waals surface area contributed by atoms with Crippen molar-refractivity contribution in [2.24, 2.45) is 0 Å². The maximum atomic E-state index is 13.8. The Balaban J connectivity index is 1.38. The van der Waals surface area contributed by atoms with E-state index in [2.05, 4.69) is 25.5 Å².